The van der Waals surface area contributed by atoms with Crippen LogP contribution in [0.5, 0.6) is 11.5 Å². The maximum absolute atomic E-state index is 5.47. The van der Waals surface area contributed by atoms with E-state index in [1.807, 2.05) is 12.1 Å². The number of hydrogen-bond donors (Lipinski definition) is 0. The summed E-state index contributed by atoms with van der Waals surface area (Å²) in [5.74, 6) is 3.11. The third-order valence-corrected chi connectivity index (χ3v) is 5.40. The fourth-order valence-corrected chi connectivity index (χ4v) is 3.92. The zero-order chi connectivity index (χ0) is 18.6. The Kier molecular flexibility index (Phi) is 5.10. The van der Waals surface area contributed by atoms with Gasteiger partial charge in [-0.15, -0.1) is 0 Å². The Bertz CT molecular complexity index is 906. The lowest BCUT2D eigenvalue weighted by Gasteiger charge is -2.33. The first-order valence-electron chi connectivity index (χ1n) is 9.44. The van der Waals surface area contributed by atoms with Crippen molar-refractivity contribution in [1.29, 1.82) is 0 Å². The van der Waals surface area contributed by atoms with Gasteiger partial charge in [0, 0.05) is 24.5 Å². The molecule has 0 saturated carbocycles. The summed E-state index contributed by atoms with van der Waals surface area (Å²) in [7, 11) is 3.30. The van der Waals surface area contributed by atoms with Crippen molar-refractivity contribution in [2.45, 2.75) is 19.3 Å². The molecular formula is C22H25N3O2. The Labute approximate surface area is 160 Å². The fourth-order valence-electron chi connectivity index (χ4n) is 3.92. The summed E-state index contributed by atoms with van der Waals surface area (Å²) in [5, 5.41) is 1.01. The Hall–Kier alpha value is -2.82. The molecule has 3 aromatic rings. The van der Waals surface area contributed by atoms with E-state index in [0.717, 1.165) is 42.1 Å². The third-order valence-electron chi connectivity index (χ3n) is 5.40. The van der Waals surface area contributed by atoms with Gasteiger partial charge in [-0.25, -0.2) is 9.97 Å². The molecule has 0 N–H and O–H groups in total. The summed E-state index contributed by atoms with van der Waals surface area (Å²) in [6, 6.07) is 14.7. The topological polar surface area (TPSA) is 47.5 Å². The molecule has 0 radical (unpaired) electrons. The summed E-state index contributed by atoms with van der Waals surface area (Å²) in [6.45, 7) is 2.02. The first-order chi connectivity index (χ1) is 13.3. The normalized spacial score (nSPS) is 15.1. The Morgan fingerprint density at radius 2 is 1.67 bits per heavy atom. The molecule has 2 aromatic carbocycles. The van der Waals surface area contributed by atoms with Crippen molar-refractivity contribution in [3.8, 4) is 11.5 Å². The second kappa shape index (κ2) is 7.82. The third kappa shape index (κ3) is 3.68. The summed E-state index contributed by atoms with van der Waals surface area (Å²) in [4.78, 5) is 11.4. The van der Waals surface area contributed by atoms with Gasteiger partial charge in [0.05, 0.1) is 19.7 Å². The van der Waals surface area contributed by atoms with Crippen LogP contribution in [0.3, 0.4) is 0 Å². The van der Waals surface area contributed by atoms with Crippen molar-refractivity contribution in [2.75, 3.05) is 32.2 Å². The summed E-state index contributed by atoms with van der Waals surface area (Å²) >= 11 is 0. The molecule has 0 unspecified atom stereocenters. The van der Waals surface area contributed by atoms with Crippen LogP contribution < -0.4 is 14.4 Å². The quantitative estimate of drug-likeness (QED) is 0.683. The SMILES string of the molecule is COc1cc2ncnc(N3CCC(Cc4ccccc4)CC3)c2cc1OC. The minimum Gasteiger partial charge on any atom is -0.493 e. The molecule has 5 nitrogen and oxygen atoms in total. The average molecular weight is 363 g/mol. The Morgan fingerprint density at radius 1 is 0.963 bits per heavy atom. The Balaban J connectivity index is 1.53. The predicted octanol–water partition coefficient (Wildman–Crippen LogP) is 4.11. The largest absolute Gasteiger partial charge is 0.493 e. The van der Waals surface area contributed by atoms with Crippen LogP contribution in [-0.4, -0.2) is 37.3 Å². The molecule has 1 fully saturated rings. The van der Waals surface area contributed by atoms with Gasteiger partial charge >= 0.3 is 0 Å². The molecule has 1 aliphatic heterocycles. The molecule has 5 heteroatoms. The predicted molar refractivity (Wildman–Crippen MR) is 108 cm³/mol. The number of methoxy groups -OCH3 is 2. The van der Waals surface area contributed by atoms with Crippen molar-refractivity contribution in [3.63, 3.8) is 0 Å². The van der Waals surface area contributed by atoms with Gasteiger partial charge in [-0.3, -0.25) is 0 Å². The zero-order valence-electron chi connectivity index (χ0n) is 15.9. The van der Waals surface area contributed by atoms with Gasteiger partial charge in [0.2, 0.25) is 0 Å². The van der Waals surface area contributed by atoms with E-state index in [0.29, 0.717) is 11.5 Å². The second-order valence-corrected chi connectivity index (χ2v) is 7.04. The highest BCUT2D eigenvalue weighted by molar-refractivity contribution is 5.92. The van der Waals surface area contributed by atoms with Gasteiger partial charge in [-0.2, -0.15) is 0 Å². The van der Waals surface area contributed by atoms with Crippen LogP contribution in [0.1, 0.15) is 18.4 Å². The van der Waals surface area contributed by atoms with Crippen LogP contribution in [-0.2, 0) is 6.42 Å². The number of rotatable bonds is 5. The number of ether oxygens (including phenoxy) is 2. The lowest BCUT2D eigenvalue weighted by Crippen LogP contribution is -2.35. The molecule has 1 aromatic heterocycles. The number of piperidine rings is 1. The van der Waals surface area contributed by atoms with Gasteiger partial charge in [-0.05, 0) is 36.8 Å². The molecule has 0 amide bonds. The summed E-state index contributed by atoms with van der Waals surface area (Å²) in [5.41, 5.74) is 2.31. The summed E-state index contributed by atoms with van der Waals surface area (Å²) < 4.78 is 10.9. The van der Waals surface area contributed by atoms with Crippen molar-refractivity contribution in [1.82, 2.24) is 9.97 Å². The average Bonchev–Trinajstić information content (AvgIpc) is 2.73. The van der Waals surface area contributed by atoms with Crippen molar-refractivity contribution in [2.24, 2.45) is 5.92 Å². The molecule has 1 aliphatic rings. The van der Waals surface area contributed by atoms with Crippen LogP contribution in [0.15, 0.2) is 48.8 Å². The number of nitrogens with zero attached hydrogens (tertiary/aromatic N) is 3. The van der Waals surface area contributed by atoms with Crippen LogP contribution in [0.4, 0.5) is 5.82 Å². The van der Waals surface area contributed by atoms with Gasteiger partial charge < -0.3 is 14.4 Å². The van der Waals surface area contributed by atoms with Crippen molar-refractivity contribution in [3.05, 3.63) is 54.4 Å². The monoisotopic (exact) mass is 363 g/mol. The van der Waals surface area contributed by atoms with E-state index in [1.165, 1.54) is 18.4 Å². The van der Waals surface area contributed by atoms with E-state index in [2.05, 4.69) is 45.2 Å². The molecule has 2 heterocycles. The van der Waals surface area contributed by atoms with E-state index < -0.39 is 0 Å². The fraction of sp³-hybridized carbons (Fsp3) is 0.364. The van der Waals surface area contributed by atoms with Crippen LogP contribution in [0.25, 0.3) is 10.9 Å². The highest BCUT2D eigenvalue weighted by Gasteiger charge is 2.22. The molecule has 4 rings (SSSR count). The first kappa shape index (κ1) is 17.6. The van der Waals surface area contributed by atoms with E-state index in [-0.39, 0.29) is 0 Å². The van der Waals surface area contributed by atoms with Gasteiger partial charge in [0.25, 0.3) is 0 Å². The maximum atomic E-state index is 5.47. The molecule has 0 bridgehead atoms. The first-order valence-corrected chi connectivity index (χ1v) is 9.44. The smallest absolute Gasteiger partial charge is 0.162 e. The lowest BCUT2D eigenvalue weighted by atomic mass is 9.90. The lowest BCUT2D eigenvalue weighted by molar-refractivity contribution is 0.355. The minimum absolute atomic E-state index is 0.691. The highest BCUT2D eigenvalue weighted by Crippen LogP contribution is 2.35. The molecule has 140 valence electrons. The van der Waals surface area contributed by atoms with Crippen LogP contribution in [0.2, 0.25) is 0 Å². The number of fused-ring (bicyclic) bond motifs is 1. The molecule has 0 atom stereocenters. The standard InChI is InChI=1S/C22H25N3O2/c1-26-20-13-18-19(14-21(20)27-2)23-15-24-22(18)25-10-8-17(9-11-25)12-16-6-4-3-5-7-16/h3-7,13-15,17H,8-12H2,1-2H3. The van der Waals surface area contributed by atoms with E-state index in [1.54, 1.807) is 20.5 Å². The number of aromatic nitrogens is 2. The zero-order valence-corrected chi connectivity index (χ0v) is 15.9. The Morgan fingerprint density at radius 3 is 2.37 bits per heavy atom. The molecule has 27 heavy (non-hydrogen) atoms. The van der Waals surface area contributed by atoms with Gasteiger partial charge in [-0.1, -0.05) is 30.3 Å². The molecule has 1 saturated heterocycles. The minimum atomic E-state index is 0.691. The maximum Gasteiger partial charge on any atom is 0.162 e. The van der Waals surface area contributed by atoms with E-state index >= 15 is 0 Å². The van der Waals surface area contributed by atoms with Crippen molar-refractivity contribution < 1.29 is 9.47 Å². The van der Waals surface area contributed by atoms with Crippen LogP contribution in [0, 0.1) is 5.92 Å². The second-order valence-electron chi connectivity index (χ2n) is 7.04. The molecule has 0 aliphatic carbocycles. The van der Waals surface area contributed by atoms with Crippen molar-refractivity contribution >= 4 is 16.7 Å². The highest BCUT2D eigenvalue weighted by atomic mass is 16.5. The van der Waals surface area contributed by atoms with E-state index in [9.17, 15) is 0 Å². The number of anilines is 1. The van der Waals surface area contributed by atoms with Crippen LogP contribution >= 0.6 is 0 Å². The van der Waals surface area contributed by atoms with Gasteiger partial charge in [0.1, 0.15) is 12.1 Å². The van der Waals surface area contributed by atoms with E-state index in [4.69, 9.17) is 9.47 Å². The summed E-state index contributed by atoms with van der Waals surface area (Å²) in [6.07, 6.45) is 5.14. The van der Waals surface area contributed by atoms with Gasteiger partial charge in [0.15, 0.2) is 11.5 Å². The number of hydrogen-bond acceptors (Lipinski definition) is 5. The number of benzene rings is 2. The molecule has 0 spiro atoms. The molecular weight excluding hydrogens is 338 g/mol.